The topological polar surface area (TPSA) is 28.2 Å². The first-order valence-electron chi connectivity index (χ1n) is 7.80. The Kier molecular flexibility index (Phi) is 6.11. The van der Waals surface area contributed by atoms with Crippen molar-refractivity contribution in [3.8, 4) is 0 Å². The predicted octanol–water partition coefficient (Wildman–Crippen LogP) is 4.32. The van der Waals surface area contributed by atoms with Crippen molar-refractivity contribution in [2.75, 3.05) is 18.9 Å². The van der Waals surface area contributed by atoms with Gasteiger partial charge in [-0.05, 0) is 38.4 Å². The molecule has 1 aliphatic rings. The van der Waals surface area contributed by atoms with Gasteiger partial charge in [0.2, 0.25) is 0 Å². The van der Waals surface area contributed by atoms with Gasteiger partial charge < -0.3 is 5.32 Å². The molecule has 0 bridgehead atoms. The van der Waals surface area contributed by atoms with Crippen molar-refractivity contribution in [3.05, 3.63) is 22.8 Å². The third-order valence-electron chi connectivity index (χ3n) is 4.07. The van der Waals surface area contributed by atoms with Gasteiger partial charge in [0.05, 0.1) is 10.7 Å². The molecule has 0 spiro atoms. The molecule has 1 aromatic rings. The molecule has 3 nitrogen and oxygen atoms in total. The Morgan fingerprint density at radius 1 is 1.30 bits per heavy atom. The maximum atomic E-state index is 6.30. The molecule has 0 unspecified atom stereocenters. The van der Waals surface area contributed by atoms with Gasteiger partial charge >= 0.3 is 0 Å². The van der Waals surface area contributed by atoms with Crippen LogP contribution in [0.3, 0.4) is 0 Å². The lowest BCUT2D eigenvalue weighted by molar-refractivity contribution is 0.183. The van der Waals surface area contributed by atoms with E-state index in [2.05, 4.69) is 29.2 Å². The van der Waals surface area contributed by atoms with Crippen molar-refractivity contribution >= 4 is 17.4 Å². The van der Waals surface area contributed by atoms with Crippen LogP contribution in [0.4, 0.5) is 5.82 Å². The van der Waals surface area contributed by atoms with Crippen molar-refractivity contribution < 1.29 is 0 Å². The highest BCUT2D eigenvalue weighted by atomic mass is 35.5. The van der Waals surface area contributed by atoms with E-state index in [1.165, 1.54) is 32.1 Å². The van der Waals surface area contributed by atoms with Crippen molar-refractivity contribution in [2.45, 2.75) is 58.0 Å². The Balaban J connectivity index is 1.99. The van der Waals surface area contributed by atoms with E-state index in [1.807, 2.05) is 12.1 Å². The number of aromatic nitrogens is 1. The van der Waals surface area contributed by atoms with Gasteiger partial charge in [0.25, 0.3) is 0 Å². The lowest BCUT2D eigenvalue weighted by Crippen LogP contribution is -2.33. The summed E-state index contributed by atoms with van der Waals surface area (Å²) in [6.07, 6.45) is 7.81. The Hall–Kier alpha value is -0.800. The van der Waals surface area contributed by atoms with Gasteiger partial charge in [-0.15, -0.1) is 0 Å². The summed E-state index contributed by atoms with van der Waals surface area (Å²) in [5.41, 5.74) is 0.987. The average molecular weight is 296 g/mol. The van der Waals surface area contributed by atoms with E-state index in [0.717, 1.165) is 36.0 Å². The number of hydrogen-bond acceptors (Lipinski definition) is 3. The van der Waals surface area contributed by atoms with E-state index >= 15 is 0 Å². The molecule has 0 aromatic carbocycles. The van der Waals surface area contributed by atoms with Crippen LogP contribution in [0.15, 0.2) is 12.1 Å². The molecule has 1 heterocycles. The highest BCUT2D eigenvalue weighted by Gasteiger charge is 2.19. The van der Waals surface area contributed by atoms with Crippen LogP contribution in [0.1, 0.15) is 51.1 Å². The summed E-state index contributed by atoms with van der Waals surface area (Å²) in [7, 11) is 2.19. The minimum absolute atomic E-state index is 0.689. The summed E-state index contributed by atoms with van der Waals surface area (Å²) in [6.45, 7) is 3.94. The standard InChI is InChI=1S/C16H26ClN3/c1-3-11-18-16-10-9-14(17)15(19-16)12-20(2)13-7-5-4-6-8-13/h9-10,13H,3-8,11-12H2,1-2H3,(H,18,19). The maximum Gasteiger partial charge on any atom is 0.126 e. The summed E-state index contributed by atoms with van der Waals surface area (Å²) in [6, 6.07) is 4.60. The lowest BCUT2D eigenvalue weighted by Gasteiger charge is -2.31. The molecule has 1 aromatic heterocycles. The zero-order chi connectivity index (χ0) is 14.4. The highest BCUT2D eigenvalue weighted by Crippen LogP contribution is 2.24. The zero-order valence-corrected chi connectivity index (χ0v) is 13.4. The number of nitrogens with one attached hydrogen (secondary N) is 1. The van der Waals surface area contributed by atoms with Gasteiger partial charge in [-0.1, -0.05) is 37.8 Å². The summed E-state index contributed by atoms with van der Waals surface area (Å²) in [4.78, 5) is 7.07. The fraction of sp³-hybridized carbons (Fsp3) is 0.688. The molecule has 1 fully saturated rings. The van der Waals surface area contributed by atoms with Crippen LogP contribution >= 0.6 is 11.6 Å². The number of halogens is 1. The monoisotopic (exact) mass is 295 g/mol. The Bertz CT molecular complexity index is 416. The zero-order valence-electron chi connectivity index (χ0n) is 12.7. The molecule has 2 rings (SSSR count). The van der Waals surface area contributed by atoms with Gasteiger partial charge in [0.15, 0.2) is 0 Å². The van der Waals surface area contributed by atoms with Crippen LogP contribution < -0.4 is 5.32 Å². The largest absolute Gasteiger partial charge is 0.370 e. The lowest BCUT2D eigenvalue weighted by atomic mass is 9.94. The molecule has 1 N–H and O–H groups in total. The van der Waals surface area contributed by atoms with E-state index in [9.17, 15) is 0 Å². The average Bonchev–Trinajstić information content (AvgIpc) is 2.49. The van der Waals surface area contributed by atoms with E-state index in [0.29, 0.717) is 6.04 Å². The normalized spacial score (nSPS) is 16.6. The van der Waals surface area contributed by atoms with E-state index in [-0.39, 0.29) is 0 Å². The minimum atomic E-state index is 0.689. The summed E-state index contributed by atoms with van der Waals surface area (Å²) < 4.78 is 0. The van der Waals surface area contributed by atoms with Crippen LogP contribution in [0.25, 0.3) is 0 Å². The van der Waals surface area contributed by atoms with E-state index in [1.54, 1.807) is 0 Å². The van der Waals surface area contributed by atoms with Crippen molar-refractivity contribution in [1.29, 1.82) is 0 Å². The molecule has 1 saturated carbocycles. The second-order valence-corrected chi connectivity index (χ2v) is 6.17. The summed E-state index contributed by atoms with van der Waals surface area (Å²) in [5.74, 6) is 0.934. The molecule has 112 valence electrons. The fourth-order valence-electron chi connectivity index (χ4n) is 2.83. The molecule has 4 heteroatoms. The van der Waals surface area contributed by atoms with Crippen LogP contribution in [0.5, 0.6) is 0 Å². The van der Waals surface area contributed by atoms with Gasteiger partial charge in [-0.3, -0.25) is 4.90 Å². The number of rotatable bonds is 6. The van der Waals surface area contributed by atoms with Crippen molar-refractivity contribution in [3.63, 3.8) is 0 Å². The maximum absolute atomic E-state index is 6.30. The third kappa shape index (κ3) is 4.35. The Labute approximate surface area is 127 Å². The quantitative estimate of drug-likeness (QED) is 0.847. The Morgan fingerprint density at radius 3 is 2.75 bits per heavy atom. The SMILES string of the molecule is CCCNc1ccc(Cl)c(CN(C)C2CCCCC2)n1. The molecule has 0 amide bonds. The van der Waals surface area contributed by atoms with Crippen molar-refractivity contribution in [1.82, 2.24) is 9.88 Å². The highest BCUT2D eigenvalue weighted by molar-refractivity contribution is 6.31. The molecule has 1 aliphatic carbocycles. The molecule has 0 saturated heterocycles. The molecule has 0 aliphatic heterocycles. The molecule has 0 atom stereocenters. The fourth-order valence-corrected chi connectivity index (χ4v) is 3.00. The number of hydrogen-bond donors (Lipinski definition) is 1. The van der Waals surface area contributed by atoms with Crippen LogP contribution in [-0.2, 0) is 6.54 Å². The summed E-state index contributed by atoms with van der Waals surface area (Å²) >= 11 is 6.30. The molecule has 0 radical (unpaired) electrons. The molecule has 20 heavy (non-hydrogen) atoms. The first-order chi connectivity index (χ1) is 9.70. The van der Waals surface area contributed by atoms with Crippen LogP contribution in [-0.4, -0.2) is 29.5 Å². The molecular weight excluding hydrogens is 270 g/mol. The van der Waals surface area contributed by atoms with Crippen LogP contribution in [0.2, 0.25) is 5.02 Å². The second-order valence-electron chi connectivity index (χ2n) is 5.76. The number of nitrogens with zero attached hydrogens (tertiary/aromatic N) is 2. The van der Waals surface area contributed by atoms with E-state index in [4.69, 9.17) is 11.6 Å². The Morgan fingerprint density at radius 2 is 2.05 bits per heavy atom. The van der Waals surface area contributed by atoms with Gasteiger partial charge in [-0.2, -0.15) is 0 Å². The van der Waals surface area contributed by atoms with Gasteiger partial charge in [0.1, 0.15) is 5.82 Å². The smallest absolute Gasteiger partial charge is 0.126 e. The first-order valence-corrected chi connectivity index (χ1v) is 8.18. The number of anilines is 1. The predicted molar refractivity (Wildman–Crippen MR) is 86.4 cm³/mol. The van der Waals surface area contributed by atoms with Gasteiger partial charge in [0, 0.05) is 19.1 Å². The van der Waals surface area contributed by atoms with Gasteiger partial charge in [-0.25, -0.2) is 4.98 Å². The van der Waals surface area contributed by atoms with E-state index < -0.39 is 0 Å². The third-order valence-corrected chi connectivity index (χ3v) is 4.42. The first kappa shape index (κ1) is 15.6. The van der Waals surface area contributed by atoms with Crippen LogP contribution in [0, 0.1) is 0 Å². The van der Waals surface area contributed by atoms with Crippen molar-refractivity contribution in [2.24, 2.45) is 0 Å². The summed E-state index contributed by atoms with van der Waals surface area (Å²) in [5, 5.41) is 4.10. The number of pyridine rings is 1. The molecular formula is C16H26ClN3. The minimum Gasteiger partial charge on any atom is -0.370 e. The second kappa shape index (κ2) is 7.84.